The van der Waals surface area contributed by atoms with Gasteiger partial charge < -0.3 is 11.1 Å². The van der Waals surface area contributed by atoms with Crippen LogP contribution in [0.3, 0.4) is 0 Å². The molecule has 2 rings (SSSR count). The third-order valence-corrected chi connectivity index (χ3v) is 4.06. The highest BCUT2D eigenvalue weighted by Gasteiger charge is 2.44. The summed E-state index contributed by atoms with van der Waals surface area (Å²) >= 11 is 6.03. The van der Waals surface area contributed by atoms with E-state index in [4.69, 9.17) is 17.3 Å². The number of amides is 1. The Morgan fingerprint density at radius 2 is 2.26 bits per heavy atom. The number of nitrogens with one attached hydrogen (secondary N) is 1. The lowest BCUT2D eigenvalue weighted by Crippen LogP contribution is -2.43. The van der Waals surface area contributed by atoms with E-state index in [2.05, 4.69) is 11.4 Å². The Balaban J connectivity index is 1.94. The molecule has 0 radical (unpaired) electrons. The van der Waals surface area contributed by atoms with Crippen molar-refractivity contribution in [2.45, 2.75) is 44.1 Å². The molecule has 0 spiro atoms. The van der Waals surface area contributed by atoms with Crippen molar-refractivity contribution in [3.05, 3.63) is 34.9 Å². The van der Waals surface area contributed by atoms with Crippen LogP contribution < -0.4 is 11.1 Å². The highest BCUT2D eigenvalue weighted by atomic mass is 35.5. The molecule has 1 unspecified atom stereocenters. The van der Waals surface area contributed by atoms with Crippen LogP contribution in [-0.2, 0) is 10.2 Å². The van der Waals surface area contributed by atoms with Gasteiger partial charge in [0.05, 0.1) is 6.04 Å². The van der Waals surface area contributed by atoms with Crippen LogP contribution in [0.15, 0.2) is 24.3 Å². The SMILES string of the molecule is CCCC(N)C(=O)NCC1(c2cccc(Cl)c2)CC1. The first-order valence-electron chi connectivity index (χ1n) is 6.87. The minimum absolute atomic E-state index is 0.0462. The summed E-state index contributed by atoms with van der Waals surface area (Å²) in [6.07, 6.45) is 3.84. The molecule has 1 fully saturated rings. The van der Waals surface area contributed by atoms with E-state index < -0.39 is 0 Å². The zero-order valence-electron chi connectivity index (χ0n) is 11.3. The van der Waals surface area contributed by atoms with Crippen LogP contribution in [0.1, 0.15) is 38.2 Å². The molecule has 1 aromatic rings. The fourth-order valence-electron chi connectivity index (χ4n) is 2.37. The largest absolute Gasteiger partial charge is 0.354 e. The van der Waals surface area contributed by atoms with E-state index in [1.54, 1.807) is 0 Å². The van der Waals surface area contributed by atoms with Crippen LogP contribution >= 0.6 is 11.6 Å². The molecule has 1 aromatic carbocycles. The number of carbonyl (C=O) groups excluding carboxylic acids is 1. The average Bonchev–Trinajstić information content (AvgIpc) is 3.17. The van der Waals surface area contributed by atoms with Crippen molar-refractivity contribution >= 4 is 17.5 Å². The highest BCUT2D eigenvalue weighted by molar-refractivity contribution is 6.30. The first-order valence-corrected chi connectivity index (χ1v) is 7.24. The smallest absolute Gasteiger partial charge is 0.236 e. The highest BCUT2D eigenvalue weighted by Crippen LogP contribution is 2.48. The molecule has 0 aliphatic heterocycles. The molecular weight excluding hydrogens is 260 g/mol. The van der Waals surface area contributed by atoms with Gasteiger partial charge in [0.25, 0.3) is 0 Å². The van der Waals surface area contributed by atoms with Gasteiger partial charge in [-0.1, -0.05) is 37.1 Å². The number of hydrogen-bond donors (Lipinski definition) is 2. The lowest BCUT2D eigenvalue weighted by Gasteiger charge is -2.18. The van der Waals surface area contributed by atoms with Crippen molar-refractivity contribution in [2.24, 2.45) is 5.73 Å². The van der Waals surface area contributed by atoms with E-state index in [1.165, 1.54) is 5.56 Å². The van der Waals surface area contributed by atoms with Crippen molar-refractivity contribution in [2.75, 3.05) is 6.54 Å². The standard InChI is InChI=1S/C15H21ClN2O/c1-2-4-13(17)14(19)18-10-15(7-8-15)11-5-3-6-12(16)9-11/h3,5-6,9,13H,2,4,7-8,10,17H2,1H3,(H,18,19). The van der Waals surface area contributed by atoms with Crippen LogP contribution in [0, 0.1) is 0 Å². The second-order valence-corrected chi connectivity index (χ2v) is 5.84. The van der Waals surface area contributed by atoms with Crippen LogP contribution in [0.25, 0.3) is 0 Å². The summed E-state index contributed by atoms with van der Waals surface area (Å²) in [6, 6.07) is 7.52. The molecule has 3 nitrogen and oxygen atoms in total. The van der Waals surface area contributed by atoms with Crippen molar-refractivity contribution in [1.29, 1.82) is 0 Å². The summed E-state index contributed by atoms with van der Waals surface area (Å²) in [5.74, 6) is -0.0462. The molecule has 1 saturated carbocycles. The molecule has 19 heavy (non-hydrogen) atoms. The normalized spacial score (nSPS) is 17.8. The van der Waals surface area contributed by atoms with E-state index >= 15 is 0 Å². The number of carbonyl (C=O) groups is 1. The van der Waals surface area contributed by atoms with Crippen LogP contribution in [0.4, 0.5) is 0 Å². The molecule has 0 heterocycles. The molecule has 0 aromatic heterocycles. The van der Waals surface area contributed by atoms with Crippen LogP contribution in [-0.4, -0.2) is 18.5 Å². The molecule has 0 bridgehead atoms. The number of nitrogens with two attached hydrogens (primary N) is 1. The molecule has 3 N–H and O–H groups in total. The third kappa shape index (κ3) is 3.48. The van der Waals surface area contributed by atoms with E-state index in [-0.39, 0.29) is 17.4 Å². The Hall–Kier alpha value is -1.06. The summed E-state index contributed by atoms with van der Waals surface area (Å²) < 4.78 is 0. The minimum atomic E-state index is -0.389. The van der Waals surface area contributed by atoms with Gasteiger partial charge in [0.2, 0.25) is 5.91 Å². The fourth-order valence-corrected chi connectivity index (χ4v) is 2.56. The van der Waals surface area contributed by atoms with Gasteiger partial charge in [-0.2, -0.15) is 0 Å². The van der Waals surface area contributed by atoms with Crippen molar-refractivity contribution in [1.82, 2.24) is 5.32 Å². The van der Waals surface area contributed by atoms with E-state index in [1.807, 2.05) is 25.1 Å². The second kappa shape index (κ2) is 5.93. The molecule has 1 atom stereocenters. The van der Waals surface area contributed by atoms with Gasteiger partial charge in [-0.05, 0) is 37.0 Å². The summed E-state index contributed by atoms with van der Waals surface area (Å²) in [6.45, 7) is 2.69. The Morgan fingerprint density at radius 3 is 2.84 bits per heavy atom. The van der Waals surface area contributed by atoms with E-state index in [0.29, 0.717) is 6.54 Å². The fraction of sp³-hybridized carbons (Fsp3) is 0.533. The van der Waals surface area contributed by atoms with Crippen molar-refractivity contribution < 1.29 is 4.79 Å². The molecular formula is C15H21ClN2O. The Labute approximate surface area is 119 Å². The van der Waals surface area contributed by atoms with Gasteiger partial charge >= 0.3 is 0 Å². The third-order valence-electron chi connectivity index (χ3n) is 3.83. The predicted octanol–water partition coefficient (Wildman–Crippen LogP) is 2.62. The lowest BCUT2D eigenvalue weighted by atomic mass is 9.96. The summed E-state index contributed by atoms with van der Waals surface area (Å²) in [4.78, 5) is 11.8. The maximum Gasteiger partial charge on any atom is 0.236 e. The number of halogens is 1. The topological polar surface area (TPSA) is 55.1 Å². The van der Waals surface area contributed by atoms with E-state index in [0.717, 1.165) is 30.7 Å². The quantitative estimate of drug-likeness (QED) is 0.842. The van der Waals surface area contributed by atoms with Gasteiger partial charge in [0.15, 0.2) is 0 Å². The number of rotatable bonds is 6. The predicted molar refractivity (Wildman–Crippen MR) is 78.3 cm³/mol. The Morgan fingerprint density at radius 1 is 1.53 bits per heavy atom. The zero-order valence-corrected chi connectivity index (χ0v) is 12.0. The van der Waals surface area contributed by atoms with Crippen molar-refractivity contribution in [3.63, 3.8) is 0 Å². The lowest BCUT2D eigenvalue weighted by molar-refractivity contribution is -0.122. The van der Waals surface area contributed by atoms with Gasteiger partial charge in [0.1, 0.15) is 0 Å². The molecule has 1 aliphatic rings. The van der Waals surface area contributed by atoms with Gasteiger partial charge in [-0.25, -0.2) is 0 Å². The molecule has 1 amide bonds. The summed E-state index contributed by atoms with van der Waals surface area (Å²) in [5, 5.41) is 3.73. The van der Waals surface area contributed by atoms with Crippen molar-refractivity contribution in [3.8, 4) is 0 Å². The number of hydrogen-bond acceptors (Lipinski definition) is 2. The van der Waals surface area contributed by atoms with Crippen LogP contribution in [0.5, 0.6) is 0 Å². The first kappa shape index (κ1) is 14.4. The second-order valence-electron chi connectivity index (χ2n) is 5.40. The number of benzene rings is 1. The van der Waals surface area contributed by atoms with Gasteiger partial charge in [0, 0.05) is 17.0 Å². The molecule has 4 heteroatoms. The van der Waals surface area contributed by atoms with E-state index in [9.17, 15) is 4.79 Å². The van der Waals surface area contributed by atoms with Gasteiger partial charge in [-0.3, -0.25) is 4.79 Å². The molecule has 0 saturated heterocycles. The Bertz CT molecular complexity index is 457. The Kier molecular flexibility index (Phi) is 4.48. The summed E-state index contributed by atoms with van der Waals surface area (Å²) in [5.41, 5.74) is 7.10. The summed E-state index contributed by atoms with van der Waals surface area (Å²) in [7, 11) is 0. The average molecular weight is 281 g/mol. The zero-order chi connectivity index (χ0) is 13.9. The molecule has 104 valence electrons. The maximum atomic E-state index is 11.8. The van der Waals surface area contributed by atoms with Gasteiger partial charge in [-0.15, -0.1) is 0 Å². The first-order chi connectivity index (χ1) is 9.07. The molecule has 1 aliphatic carbocycles. The monoisotopic (exact) mass is 280 g/mol. The maximum absolute atomic E-state index is 11.8. The minimum Gasteiger partial charge on any atom is -0.354 e. The van der Waals surface area contributed by atoms with Crippen LogP contribution in [0.2, 0.25) is 5.02 Å².